The molecule has 1 N–H and O–H groups in total. The van der Waals surface area contributed by atoms with Gasteiger partial charge in [0.05, 0.1) is 8.81 Å². The number of nitrogens with one attached hydrogen (secondary N) is 1. The minimum atomic E-state index is 0.341. The van der Waals surface area contributed by atoms with E-state index in [0.717, 1.165) is 15.2 Å². The molecule has 2 atom stereocenters. The predicted molar refractivity (Wildman–Crippen MR) is 82.1 cm³/mol. The van der Waals surface area contributed by atoms with E-state index in [1.54, 1.807) is 11.3 Å². The van der Waals surface area contributed by atoms with E-state index in [1.165, 1.54) is 4.88 Å². The summed E-state index contributed by atoms with van der Waals surface area (Å²) in [6.07, 6.45) is 1.13. The molecule has 0 bridgehead atoms. The van der Waals surface area contributed by atoms with E-state index in [1.807, 2.05) is 7.05 Å². The topological polar surface area (TPSA) is 12.0 Å². The van der Waals surface area contributed by atoms with Crippen LogP contribution in [-0.4, -0.2) is 7.05 Å². The van der Waals surface area contributed by atoms with E-state index in [-0.39, 0.29) is 0 Å². The zero-order valence-electron chi connectivity index (χ0n) is 11.1. The Kier molecular flexibility index (Phi) is 5.51. The summed E-state index contributed by atoms with van der Waals surface area (Å²) in [4.78, 5) is 1.31. The van der Waals surface area contributed by atoms with Gasteiger partial charge in [0.25, 0.3) is 0 Å². The van der Waals surface area contributed by atoms with Crippen molar-refractivity contribution in [3.8, 4) is 0 Å². The second-order valence-corrected chi connectivity index (χ2v) is 8.42. The number of hydrogen-bond donors (Lipinski definition) is 1. The van der Waals surface area contributed by atoms with Crippen LogP contribution in [0.4, 0.5) is 0 Å². The Balaban J connectivity index is 2.79. The maximum Gasteiger partial charge on any atom is 0.0887 e. The van der Waals surface area contributed by atoms with E-state index in [4.69, 9.17) is 11.6 Å². The van der Waals surface area contributed by atoms with Crippen molar-refractivity contribution in [2.75, 3.05) is 7.05 Å². The third kappa shape index (κ3) is 4.23. The van der Waals surface area contributed by atoms with Crippen molar-refractivity contribution >= 4 is 38.9 Å². The van der Waals surface area contributed by atoms with Crippen molar-refractivity contribution in [1.82, 2.24) is 5.32 Å². The molecule has 1 heterocycles. The van der Waals surface area contributed by atoms with Crippen LogP contribution in [0.1, 0.15) is 45.0 Å². The maximum atomic E-state index is 6.09. The lowest BCUT2D eigenvalue weighted by Gasteiger charge is -2.30. The number of halogens is 2. The molecule has 2 unspecified atom stereocenters. The largest absolute Gasteiger partial charge is 0.312 e. The van der Waals surface area contributed by atoms with Crippen molar-refractivity contribution in [2.45, 2.75) is 40.2 Å². The van der Waals surface area contributed by atoms with Crippen LogP contribution in [0.2, 0.25) is 5.02 Å². The highest BCUT2D eigenvalue weighted by Crippen LogP contribution is 2.39. The summed E-state index contributed by atoms with van der Waals surface area (Å²) in [6, 6.07) is 2.45. The first-order chi connectivity index (χ1) is 7.75. The Morgan fingerprint density at radius 2 is 2.06 bits per heavy atom. The monoisotopic (exact) mass is 337 g/mol. The van der Waals surface area contributed by atoms with Crippen LogP contribution in [0, 0.1) is 11.3 Å². The Bertz CT molecular complexity index is 350. The molecule has 0 aromatic carbocycles. The third-order valence-electron chi connectivity index (χ3n) is 3.42. The number of thiophene rings is 1. The number of rotatable bonds is 4. The van der Waals surface area contributed by atoms with Gasteiger partial charge >= 0.3 is 0 Å². The van der Waals surface area contributed by atoms with Crippen LogP contribution < -0.4 is 5.32 Å². The Morgan fingerprint density at radius 3 is 2.41 bits per heavy atom. The molecule has 1 aromatic rings. The summed E-state index contributed by atoms with van der Waals surface area (Å²) < 4.78 is 1.03. The lowest BCUT2D eigenvalue weighted by atomic mass is 9.78. The van der Waals surface area contributed by atoms with E-state index >= 15 is 0 Å². The Hall–Kier alpha value is 0.430. The maximum absolute atomic E-state index is 6.09. The lowest BCUT2D eigenvalue weighted by Crippen LogP contribution is -2.24. The first-order valence-electron chi connectivity index (χ1n) is 5.87. The van der Waals surface area contributed by atoms with E-state index in [2.05, 4.69) is 55.0 Å². The second-order valence-electron chi connectivity index (χ2n) is 5.61. The van der Waals surface area contributed by atoms with Crippen molar-refractivity contribution in [3.05, 3.63) is 19.8 Å². The van der Waals surface area contributed by atoms with Gasteiger partial charge in [-0.25, -0.2) is 0 Å². The highest BCUT2D eigenvalue weighted by atomic mass is 79.9. The molecule has 1 aromatic heterocycles. The molecule has 0 saturated carbocycles. The normalized spacial score (nSPS) is 15.9. The van der Waals surface area contributed by atoms with E-state index < -0.39 is 0 Å². The molecule has 0 radical (unpaired) electrons. The molecule has 0 aliphatic rings. The Morgan fingerprint density at radius 1 is 1.47 bits per heavy atom. The minimum Gasteiger partial charge on any atom is -0.312 e. The molecule has 0 saturated heterocycles. The average molecular weight is 339 g/mol. The molecule has 98 valence electrons. The van der Waals surface area contributed by atoms with E-state index in [9.17, 15) is 0 Å². The molecular formula is C13H21BrClNS. The van der Waals surface area contributed by atoms with Gasteiger partial charge in [0.2, 0.25) is 0 Å². The molecule has 0 spiro atoms. The van der Waals surface area contributed by atoms with Crippen molar-refractivity contribution in [3.63, 3.8) is 0 Å². The number of hydrogen-bond acceptors (Lipinski definition) is 2. The van der Waals surface area contributed by atoms with Crippen LogP contribution in [0.5, 0.6) is 0 Å². The molecule has 1 nitrogen and oxygen atoms in total. The van der Waals surface area contributed by atoms with Crippen LogP contribution in [0.15, 0.2) is 9.85 Å². The zero-order chi connectivity index (χ0) is 13.2. The minimum absolute atomic E-state index is 0.341. The summed E-state index contributed by atoms with van der Waals surface area (Å²) in [5.74, 6) is 0.652. The highest BCUT2D eigenvalue weighted by Gasteiger charge is 2.24. The van der Waals surface area contributed by atoms with E-state index in [0.29, 0.717) is 17.4 Å². The predicted octanol–water partition coefficient (Wildman–Crippen LogP) is 5.50. The third-order valence-corrected chi connectivity index (χ3v) is 6.01. The van der Waals surface area contributed by atoms with Gasteiger partial charge in [0, 0.05) is 10.9 Å². The molecule has 4 heteroatoms. The fourth-order valence-electron chi connectivity index (χ4n) is 1.62. The summed E-state index contributed by atoms with van der Waals surface area (Å²) in [7, 11) is 2.02. The summed E-state index contributed by atoms with van der Waals surface area (Å²) >= 11 is 11.3. The Labute approximate surface area is 122 Å². The van der Waals surface area contributed by atoms with Crippen molar-refractivity contribution in [2.24, 2.45) is 11.3 Å². The standard InChI is InChI=1S/C13H21BrClNS/c1-8(13(2,3)4)6-10(16-5)11-7-9(15)12(14)17-11/h7-8,10,16H,6H2,1-5H3. The van der Waals surface area contributed by atoms with Gasteiger partial charge in [0.15, 0.2) is 0 Å². The average Bonchev–Trinajstić information content (AvgIpc) is 2.53. The molecule has 0 aliphatic carbocycles. The lowest BCUT2D eigenvalue weighted by molar-refractivity contribution is 0.227. The summed E-state index contributed by atoms with van der Waals surface area (Å²) in [5.41, 5.74) is 0.341. The molecule has 0 fully saturated rings. The van der Waals surface area contributed by atoms with Crippen LogP contribution in [0.25, 0.3) is 0 Å². The fraction of sp³-hybridized carbons (Fsp3) is 0.692. The second kappa shape index (κ2) is 6.05. The SMILES string of the molecule is CNC(CC(C)C(C)(C)C)c1cc(Cl)c(Br)s1. The van der Waals surface area contributed by atoms with Crippen LogP contribution in [0.3, 0.4) is 0 Å². The molecule has 0 aliphatic heterocycles. The summed E-state index contributed by atoms with van der Waals surface area (Å²) in [5, 5.41) is 4.21. The molecule has 1 rings (SSSR count). The smallest absolute Gasteiger partial charge is 0.0887 e. The van der Waals surface area contributed by atoms with Gasteiger partial charge in [-0.15, -0.1) is 11.3 Å². The van der Waals surface area contributed by atoms with Gasteiger partial charge in [0.1, 0.15) is 0 Å². The molecule has 0 amide bonds. The fourth-order valence-corrected chi connectivity index (χ4v) is 3.49. The summed E-state index contributed by atoms with van der Waals surface area (Å²) in [6.45, 7) is 9.19. The van der Waals surface area contributed by atoms with Gasteiger partial charge in [-0.3, -0.25) is 0 Å². The van der Waals surface area contributed by atoms with Gasteiger partial charge in [-0.2, -0.15) is 0 Å². The van der Waals surface area contributed by atoms with Crippen molar-refractivity contribution < 1.29 is 0 Å². The van der Waals surface area contributed by atoms with Gasteiger partial charge in [-0.1, -0.05) is 39.3 Å². The van der Waals surface area contributed by atoms with Crippen LogP contribution >= 0.6 is 38.9 Å². The van der Waals surface area contributed by atoms with Crippen molar-refractivity contribution in [1.29, 1.82) is 0 Å². The van der Waals surface area contributed by atoms with Gasteiger partial charge in [-0.05, 0) is 46.8 Å². The zero-order valence-corrected chi connectivity index (χ0v) is 14.3. The van der Waals surface area contributed by atoms with Gasteiger partial charge < -0.3 is 5.32 Å². The molecule has 17 heavy (non-hydrogen) atoms. The first kappa shape index (κ1) is 15.5. The van der Waals surface area contributed by atoms with Crippen LogP contribution in [-0.2, 0) is 0 Å². The first-order valence-corrected chi connectivity index (χ1v) is 7.86. The highest BCUT2D eigenvalue weighted by molar-refractivity contribution is 9.11. The molecular weight excluding hydrogens is 318 g/mol. The quantitative estimate of drug-likeness (QED) is 0.764.